The quantitative estimate of drug-likeness (QED) is 0.769. The van der Waals surface area contributed by atoms with Crippen LogP contribution in [0.15, 0.2) is 24.5 Å². The Hall–Kier alpha value is -2.37. The van der Waals surface area contributed by atoms with Crippen molar-refractivity contribution in [2.75, 3.05) is 25.8 Å². The number of rotatable bonds is 3. The summed E-state index contributed by atoms with van der Waals surface area (Å²) in [4.78, 5) is 4.14. The lowest BCUT2D eigenvalue weighted by Gasteiger charge is -2.09. The summed E-state index contributed by atoms with van der Waals surface area (Å²) in [7, 11) is 3.17. The van der Waals surface area contributed by atoms with Crippen molar-refractivity contribution in [3.05, 3.63) is 24.5 Å². The Morgan fingerprint density at radius 1 is 1.24 bits per heavy atom. The number of ether oxygens (including phenoxy) is 2. The summed E-state index contributed by atoms with van der Waals surface area (Å²) in [6, 6.07) is 5.41. The number of benzene rings is 1. The summed E-state index contributed by atoms with van der Waals surface area (Å²) in [5.74, 6) is 7.31. The number of nitrogens with two attached hydrogens (primary N) is 2. The fraction of sp³-hybridized carbons (Fsp3) is 0.182. The van der Waals surface area contributed by atoms with Gasteiger partial charge in [0.05, 0.1) is 14.2 Å². The van der Waals surface area contributed by atoms with E-state index in [9.17, 15) is 0 Å². The minimum absolute atomic E-state index is 0.383. The lowest BCUT2D eigenvalue weighted by molar-refractivity contribution is 0.395. The van der Waals surface area contributed by atoms with Crippen molar-refractivity contribution in [2.24, 2.45) is 0 Å². The maximum absolute atomic E-state index is 5.82. The molecule has 1 aromatic heterocycles. The topological polar surface area (TPSA) is 88.3 Å². The monoisotopic (exact) mass is 234 g/mol. The van der Waals surface area contributed by atoms with E-state index in [1.54, 1.807) is 20.3 Å². The molecule has 0 bridgehead atoms. The lowest BCUT2D eigenvalue weighted by Crippen LogP contribution is -2.10. The van der Waals surface area contributed by atoms with Crippen LogP contribution in [0.3, 0.4) is 0 Å². The number of aromatic nitrogens is 2. The zero-order valence-electron chi connectivity index (χ0n) is 9.68. The van der Waals surface area contributed by atoms with Gasteiger partial charge in [-0.2, -0.15) is 0 Å². The number of nitrogens with zero attached hydrogens (tertiary/aromatic N) is 2. The molecule has 0 aliphatic carbocycles. The van der Waals surface area contributed by atoms with Gasteiger partial charge < -0.3 is 21.1 Å². The highest BCUT2D eigenvalue weighted by molar-refractivity contribution is 5.76. The van der Waals surface area contributed by atoms with E-state index in [0.717, 1.165) is 5.56 Å². The molecule has 0 saturated carbocycles. The largest absolute Gasteiger partial charge is 0.497 e. The molecule has 90 valence electrons. The predicted octanol–water partition coefficient (Wildman–Crippen LogP) is 0.863. The summed E-state index contributed by atoms with van der Waals surface area (Å²) in [6.45, 7) is 0. The fourth-order valence-electron chi connectivity index (χ4n) is 1.57. The lowest BCUT2D eigenvalue weighted by atomic mass is 10.1. The first kappa shape index (κ1) is 11.1. The first-order valence-electron chi connectivity index (χ1n) is 4.97. The highest BCUT2D eigenvalue weighted by Crippen LogP contribution is 2.34. The van der Waals surface area contributed by atoms with Gasteiger partial charge in [0, 0.05) is 11.6 Å². The SMILES string of the molecule is COc1ccc(-c2ncn(N)c2N)c(OC)c1. The second-order valence-corrected chi connectivity index (χ2v) is 3.45. The maximum atomic E-state index is 5.82. The number of nitrogen functional groups attached to an aromatic ring is 2. The summed E-state index contributed by atoms with van der Waals surface area (Å²) in [5.41, 5.74) is 7.18. The summed E-state index contributed by atoms with van der Waals surface area (Å²) in [5, 5.41) is 0. The first-order chi connectivity index (χ1) is 8.17. The van der Waals surface area contributed by atoms with Gasteiger partial charge in [0.25, 0.3) is 0 Å². The van der Waals surface area contributed by atoms with Crippen LogP contribution in [-0.2, 0) is 0 Å². The van der Waals surface area contributed by atoms with Crippen LogP contribution in [0.1, 0.15) is 0 Å². The van der Waals surface area contributed by atoms with Gasteiger partial charge in [0.15, 0.2) is 5.82 Å². The van der Waals surface area contributed by atoms with E-state index in [2.05, 4.69) is 4.98 Å². The van der Waals surface area contributed by atoms with Gasteiger partial charge in [-0.15, -0.1) is 0 Å². The Labute approximate surface area is 98.7 Å². The zero-order valence-corrected chi connectivity index (χ0v) is 9.68. The molecule has 0 aliphatic rings. The number of methoxy groups -OCH3 is 2. The Kier molecular flexibility index (Phi) is 2.78. The fourth-order valence-corrected chi connectivity index (χ4v) is 1.57. The van der Waals surface area contributed by atoms with Crippen molar-refractivity contribution >= 4 is 5.82 Å². The van der Waals surface area contributed by atoms with Crippen LogP contribution in [0.2, 0.25) is 0 Å². The number of imidazole rings is 1. The van der Waals surface area contributed by atoms with E-state index in [1.807, 2.05) is 12.1 Å². The van der Waals surface area contributed by atoms with Crippen molar-refractivity contribution < 1.29 is 9.47 Å². The molecule has 6 nitrogen and oxygen atoms in total. The third-order valence-electron chi connectivity index (χ3n) is 2.50. The molecular formula is C11H14N4O2. The van der Waals surface area contributed by atoms with E-state index in [1.165, 1.54) is 11.0 Å². The third kappa shape index (κ3) is 1.84. The first-order valence-corrected chi connectivity index (χ1v) is 4.97. The molecule has 4 N–H and O–H groups in total. The zero-order chi connectivity index (χ0) is 12.4. The molecule has 0 atom stereocenters. The van der Waals surface area contributed by atoms with Crippen molar-refractivity contribution in [2.45, 2.75) is 0 Å². The highest BCUT2D eigenvalue weighted by atomic mass is 16.5. The van der Waals surface area contributed by atoms with E-state index >= 15 is 0 Å². The molecular weight excluding hydrogens is 220 g/mol. The molecule has 2 aromatic rings. The van der Waals surface area contributed by atoms with E-state index in [-0.39, 0.29) is 0 Å². The molecule has 0 radical (unpaired) electrons. The molecule has 0 spiro atoms. The Morgan fingerprint density at radius 2 is 2.00 bits per heavy atom. The third-order valence-corrected chi connectivity index (χ3v) is 2.50. The molecule has 0 aliphatic heterocycles. The normalized spacial score (nSPS) is 10.2. The van der Waals surface area contributed by atoms with Crippen LogP contribution in [0, 0.1) is 0 Å². The number of hydrogen-bond acceptors (Lipinski definition) is 5. The van der Waals surface area contributed by atoms with Gasteiger partial charge in [-0.1, -0.05) is 0 Å². The van der Waals surface area contributed by atoms with Crippen LogP contribution < -0.4 is 21.1 Å². The van der Waals surface area contributed by atoms with Crippen LogP contribution in [0.4, 0.5) is 5.82 Å². The highest BCUT2D eigenvalue weighted by Gasteiger charge is 2.14. The molecule has 1 aromatic carbocycles. The van der Waals surface area contributed by atoms with E-state index in [4.69, 9.17) is 21.1 Å². The average Bonchev–Trinajstić information content (AvgIpc) is 2.69. The van der Waals surface area contributed by atoms with Gasteiger partial charge in [-0.25, -0.2) is 9.66 Å². The van der Waals surface area contributed by atoms with Crippen LogP contribution >= 0.6 is 0 Å². The van der Waals surface area contributed by atoms with Gasteiger partial charge in [-0.3, -0.25) is 0 Å². The van der Waals surface area contributed by atoms with Gasteiger partial charge in [0.1, 0.15) is 23.5 Å². The van der Waals surface area contributed by atoms with E-state index < -0.39 is 0 Å². The Balaban J connectivity index is 2.55. The van der Waals surface area contributed by atoms with Crippen molar-refractivity contribution in [3.63, 3.8) is 0 Å². The molecule has 0 amide bonds. The number of hydrogen-bond donors (Lipinski definition) is 2. The molecule has 6 heteroatoms. The molecule has 0 fully saturated rings. The average molecular weight is 234 g/mol. The minimum Gasteiger partial charge on any atom is -0.497 e. The van der Waals surface area contributed by atoms with E-state index in [0.29, 0.717) is 23.0 Å². The van der Waals surface area contributed by atoms with Gasteiger partial charge in [-0.05, 0) is 12.1 Å². The summed E-state index contributed by atoms with van der Waals surface area (Å²) < 4.78 is 11.7. The summed E-state index contributed by atoms with van der Waals surface area (Å²) in [6.07, 6.45) is 1.45. The number of anilines is 1. The van der Waals surface area contributed by atoms with Gasteiger partial charge >= 0.3 is 0 Å². The second-order valence-electron chi connectivity index (χ2n) is 3.45. The van der Waals surface area contributed by atoms with Crippen molar-refractivity contribution in [3.8, 4) is 22.8 Å². The minimum atomic E-state index is 0.383. The molecule has 17 heavy (non-hydrogen) atoms. The standard InChI is InChI=1S/C11H14N4O2/c1-16-7-3-4-8(9(5-7)17-2)10-11(12)15(13)6-14-10/h3-6H,12-13H2,1-2H3. The van der Waals surface area contributed by atoms with Crippen LogP contribution in [-0.4, -0.2) is 23.9 Å². The molecule has 1 heterocycles. The maximum Gasteiger partial charge on any atom is 0.150 e. The molecule has 2 rings (SSSR count). The van der Waals surface area contributed by atoms with Crippen LogP contribution in [0.5, 0.6) is 11.5 Å². The summed E-state index contributed by atoms with van der Waals surface area (Å²) >= 11 is 0. The van der Waals surface area contributed by atoms with Gasteiger partial charge in [0.2, 0.25) is 0 Å². The smallest absolute Gasteiger partial charge is 0.150 e. The molecule has 0 saturated heterocycles. The predicted molar refractivity (Wildman–Crippen MR) is 65.3 cm³/mol. The molecule has 0 unspecified atom stereocenters. The Morgan fingerprint density at radius 3 is 2.53 bits per heavy atom. The van der Waals surface area contributed by atoms with Crippen LogP contribution in [0.25, 0.3) is 11.3 Å². The second kappa shape index (κ2) is 4.25. The van der Waals surface area contributed by atoms with Crippen molar-refractivity contribution in [1.82, 2.24) is 9.66 Å². The van der Waals surface area contributed by atoms with Crippen molar-refractivity contribution in [1.29, 1.82) is 0 Å². The Bertz CT molecular complexity index is 536.